The quantitative estimate of drug-likeness (QED) is 0.476. The van der Waals surface area contributed by atoms with Crippen molar-refractivity contribution >= 4 is 15.7 Å². The number of rotatable bonds is 7. The predicted octanol–water partition coefficient (Wildman–Crippen LogP) is 4.31. The first-order valence-electron chi connectivity index (χ1n) is 7.78. The number of benzene rings is 2. The Morgan fingerprint density at radius 2 is 1.48 bits per heavy atom. The summed E-state index contributed by atoms with van der Waals surface area (Å²) in [7, 11) is -1.23. The van der Waals surface area contributed by atoms with Crippen LogP contribution in [0.4, 0.5) is 22.0 Å². The average molecular weight is 438 g/mol. The molecule has 0 bridgehead atoms. The van der Waals surface area contributed by atoms with Crippen molar-refractivity contribution < 1.29 is 44.6 Å². The van der Waals surface area contributed by atoms with Crippen LogP contribution in [-0.4, -0.2) is 29.7 Å². The molecule has 0 saturated heterocycles. The van der Waals surface area contributed by atoms with Gasteiger partial charge in [0.1, 0.15) is 0 Å². The van der Waals surface area contributed by atoms with E-state index in [1.165, 1.54) is 33.5 Å². The van der Waals surface area contributed by atoms with E-state index in [1.54, 1.807) is 0 Å². The third kappa shape index (κ3) is 4.29. The zero-order valence-corrected chi connectivity index (χ0v) is 16.2. The van der Waals surface area contributed by atoms with Crippen molar-refractivity contribution in [1.29, 1.82) is 0 Å². The van der Waals surface area contributed by atoms with Gasteiger partial charge in [0.2, 0.25) is 15.6 Å². The van der Waals surface area contributed by atoms with Crippen molar-refractivity contribution in [3.05, 3.63) is 58.0 Å². The molecule has 0 spiro atoms. The average Bonchev–Trinajstić information content (AvgIpc) is 2.70. The lowest BCUT2D eigenvalue weighted by atomic mass is 10.2. The Labute approximate surface area is 163 Å². The summed E-state index contributed by atoms with van der Waals surface area (Å²) in [6.45, 7) is 0. The van der Waals surface area contributed by atoms with E-state index < -0.39 is 49.6 Å². The van der Waals surface area contributed by atoms with Crippen molar-refractivity contribution in [2.24, 2.45) is 0 Å². The van der Waals surface area contributed by atoms with Crippen molar-refractivity contribution in [1.82, 2.24) is 0 Å². The molecule has 0 amide bonds. The zero-order chi connectivity index (χ0) is 21.9. The Hall–Kier alpha value is -2.82. The molecule has 158 valence electrons. The molecule has 0 aliphatic carbocycles. The van der Waals surface area contributed by atoms with Crippen LogP contribution in [0, 0.1) is 17.5 Å². The molecule has 0 fully saturated rings. The first kappa shape index (κ1) is 22.5. The topological polar surface area (TPSA) is 61.8 Å². The van der Waals surface area contributed by atoms with Crippen molar-refractivity contribution in [3.8, 4) is 17.2 Å². The van der Waals surface area contributed by atoms with E-state index in [0.717, 1.165) is 0 Å². The molecule has 0 N–H and O–H groups in total. The van der Waals surface area contributed by atoms with E-state index in [4.69, 9.17) is 14.2 Å². The van der Waals surface area contributed by atoms with Gasteiger partial charge in [0.05, 0.1) is 32.6 Å². The van der Waals surface area contributed by atoms with Crippen LogP contribution < -0.4 is 14.2 Å². The summed E-state index contributed by atoms with van der Waals surface area (Å²) in [5.74, 6) is -8.96. The number of halogens is 5. The fourth-order valence-corrected chi connectivity index (χ4v) is 3.63. The molecule has 0 aromatic heterocycles. The summed E-state index contributed by atoms with van der Waals surface area (Å²) in [6.07, 6.45) is 0. The standard InChI is InChI=1S/C18H15F5O5S/c1-26-12-7-4-9(16(27-2)17(12)28-3)8-29(24,25)18(23)14(21)10-5-6-11(19)15(22)13(10)20/h4-7H,8H2,1-3H3. The Morgan fingerprint density at radius 1 is 0.862 bits per heavy atom. The van der Waals surface area contributed by atoms with E-state index in [9.17, 15) is 30.4 Å². The van der Waals surface area contributed by atoms with Gasteiger partial charge in [-0.15, -0.1) is 0 Å². The van der Waals surface area contributed by atoms with Crippen LogP contribution in [0.3, 0.4) is 0 Å². The van der Waals surface area contributed by atoms with Crippen LogP contribution in [0.2, 0.25) is 0 Å². The van der Waals surface area contributed by atoms with Crippen molar-refractivity contribution in [3.63, 3.8) is 0 Å². The number of hydrogen-bond donors (Lipinski definition) is 0. The maximum atomic E-state index is 14.4. The van der Waals surface area contributed by atoms with Crippen molar-refractivity contribution in [2.45, 2.75) is 5.75 Å². The summed E-state index contributed by atoms with van der Waals surface area (Å²) in [5, 5.41) is -2.35. The lowest BCUT2D eigenvalue weighted by Gasteiger charge is -2.15. The van der Waals surface area contributed by atoms with Crippen molar-refractivity contribution in [2.75, 3.05) is 21.3 Å². The smallest absolute Gasteiger partial charge is 0.251 e. The molecule has 0 aliphatic rings. The molecule has 2 aromatic rings. The van der Waals surface area contributed by atoms with Crippen LogP contribution in [0.5, 0.6) is 17.2 Å². The van der Waals surface area contributed by atoms with Gasteiger partial charge in [-0.3, -0.25) is 0 Å². The fraction of sp³-hybridized carbons (Fsp3) is 0.222. The molecule has 29 heavy (non-hydrogen) atoms. The lowest BCUT2D eigenvalue weighted by molar-refractivity contribution is 0.322. The maximum absolute atomic E-state index is 14.4. The van der Waals surface area contributed by atoms with Gasteiger partial charge >= 0.3 is 0 Å². The highest BCUT2D eigenvalue weighted by atomic mass is 32.2. The third-order valence-electron chi connectivity index (χ3n) is 3.85. The molecule has 0 radical (unpaired) electrons. The number of methoxy groups -OCH3 is 3. The molecular weight excluding hydrogens is 423 g/mol. The summed E-state index contributed by atoms with van der Waals surface area (Å²) in [5.41, 5.74) is -1.48. The van der Waals surface area contributed by atoms with Crippen LogP contribution in [0.15, 0.2) is 29.4 Å². The van der Waals surface area contributed by atoms with E-state index in [2.05, 4.69) is 0 Å². The second-order valence-electron chi connectivity index (χ2n) is 5.56. The number of hydrogen-bond acceptors (Lipinski definition) is 5. The van der Waals surface area contributed by atoms with Gasteiger partial charge in [0.15, 0.2) is 34.8 Å². The largest absolute Gasteiger partial charge is 0.493 e. The predicted molar refractivity (Wildman–Crippen MR) is 94.2 cm³/mol. The third-order valence-corrected chi connectivity index (χ3v) is 5.26. The van der Waals surface area contributed by atoms with Crippen LogP contribution >= 0.6 is 0 Å². The minimum Gasteiger partial charge on any atom is -0.493 e. The first-order chi connectivity index (χ1) is 13.6. The highest BCUT2D eigenvalue weighted by Gasteiger charge is 2.29. The van der Waals surface area contributed by atoms with E-state index in [-0.39, 0.29) is 22.8 Å². The van der Waals surface area contributed by atoms with E-state index in [0.29, 0.717) is 12.1 Å². The molecule has 5 nitrogen and oxygen atoms in total. The molecule has 2 aromatic carbocycles. The summed E-state index contributed by atoms with van der Waals surface area (Å²) >= 11 is 0. The molecule has 0 atom stereocenters. The molecule has 0 unspecified atom stereocenters. The second kappa shape index (κ2) is 8.68. The maximum Gasteiger partial charge on any atom is 0.251 e. The SMILES string of the molecule is COc1ccc(CS(=O)(=O)C(F)=C(F)c2ccc(F)c(F)c2F)c(OC)c1OC. The normalized spacial score (nSPS) is 12.4. The van der Waals surface area contributed by atoms with Crippen LogP contribution in [0.1, 0.15) is 11.1 Å². The van der Waals surface area contributed by atoms with Gasteiger partial charge < -0.3 is 14.2 Å². The second-order valence-corrected chi connectivity index (χ2v) is 7.44. The highest BCUT2D eigenvalue weighted by molar-refractivity contribution is 7.94. The lowest BCUT2D eigenvalue weighted by Crippen LogP contribution is -2.09. The molecule has 0 saturated carbocycles. The fourth-order valence-electron chi connectivity index (χ4n) is 2.48. The van der Waals surface area contributed by atoms with Gasteiger partial charge in [0.25, 0.3) is 5.16 Å². The zero-order valence-electron chi connectivity index (χ0n) is 15.4. The van der Waals surface area contributed by atoms with Gasteiger partial charge in [-0.2, -0.15) is 4.39 Å². The highest BCUT2D eigenvalue weighted by Crippen LogP contribution is 2.41. The Kier molecular flexibility index (Phi) is 6.73. The molecule has 11 heteroatoms. The molecule has 2 rings (SSSR count). The number of sulfone groups is 1. The molecular formula is C18H15F5O5S. The van der Waals surface area contributed by atoms with Crippen LogP contribution in [0.25, 0.3) is 5.83 Å². The first-order valence-corrected chi connectivity index (χ1v) is 9.44. The van der Waals surface area contributed by atoms with Crippen LogP contribution in [-0.2, 0) is 15.6 Å². The molecule has 0 aliphatic heterocycles. The summed E-state index contributed by atoms with van der Waals surface area (Å²) < 4.78 is 108. The van der Waals surface area contributed by atoms with E-state index >= 15 is 0 Å². The van der Waals surface area contributed by atoms with Gasteiger partial charge in [-0.1, -0.05) is 6.07 Å². The Morgan fingerprint density at radius 3 is 2.03 bits per heavy atom. The van der Waals surface area contributed by atoms with Gasteiger partial charge in [-0.05, 0) is 18.2 Å². The minimum atomic E-state index is -5.00. The summed E-state index contributed by atoms with van der Waals surface area (Å²) in [4.78, 5) is 0. The Balaban J connectivity index is 2.54. The van der Waals surface area contributed by atoms with E-state index in [1.807, 2.05) is 0 Å². The number of ether oxygens (including phenoxy) is 3. The minimum absolute atomic E-state index is 0.0132. The van der Waals surface area contributed by atoms with Gasteiger partial charge in [0, 0.05) is 5.56 Å². The Bertz CT molecular complexity index is 1070. The summed E-state index contributed by atoms with van der Waals surface area (Å²) in [6, 6.07) is 3.26. The monoisotopic (exact) mass is 438 g/mol. The molecule has 0 heterocycles. The van der Waals surface area contributed by atoms with Gasteiger partial charge in [-0.25, -0.2) is 26.0 Å².